The zero-order valence-electron chi connectivity index (χ0n) is 18.0. The van der Waals surface area contributed by atoms with E-state index in [1.165, 1.54) is 12.1 Å². The number of sulfonamides is 1. The Balaban J connectivity index is 1.45. The van der Waals surface area contributed by atoms with Gasteiger partial charge in [-0.3, -0.25) is 14.3 Å². The van der Waals surface area contributed by atoms with E-state index < -0.39 is 10.0 Å². The molecule has 8 nitrogen and oxygen atoms in total. The number of carbonyl (C=O) groups excluding carboxylic acids is 2. The minimum Gasteiger partial charge on any atom is -0.368 e. The van der Waals surface area contributed by atoms with Crippen molar-refractivity contribution < 1.29 is 22.7 Å². The van der Waals surface area contributed by atoms with E-state index >= 15 is 0 Å². The number of nitrogens with zero attached hydrogens (tertiary/aromatic N) is 1. The fourth-order valence-electron chi connectivity index (χ4n) is 4.02. The number of amides is 2. The lowest BCUT2D eigenvalue weighted by molar-refractivity contribution is -0.127. The van der Waals surface area contributed by atoms with Gasteiger partial charge >= 0.3 is 0 Å². The van der Waals surface area contributed by atoms with E-state index in [4.69, 9.17) is 4.74 Å². The Morgan fingerprint density at radius 1 is 1.12 bits per heavy atom. The molecule has 4 rings (SSSR count). The van der Waals surface area contributed by atoms with E-state index in [2.05, 4.69) is 10.0 Å². The summed E-state index contributed by atoms with van der Waals surface area (Å²) in [6.45, 7) is 3.10. The molecular formula is C23H27N3O5S. The number of ether oxygens (including phenoxy) is 1. The van der Waals surface area contributed by atoms with Crippen LogP contribution in [0.1, 0.15) is 38.2 Å². The lowest BCUT2D eigenvalue weighted by atomic mass is 10.1. The summed E-state index contributed by atoms with van der Waals surface area (Å²) < 4.78 is 33.7. The summed E-state index contributed by atoms with van der Waals surface area (Å²) in [7, 11) is -3.79. The van der Waals surface area contributed by atoms with Crippen LogP contribution in [-0.2, 0) is 30.8 Å². The molecule has 2 aromatic rings. The van der Waals surface area contributed by atoms with Crippen molar-refractivity contribution in [2.45, 2.75) is 50.0 Å². The molecule has 32 heavy (non-hydrogen) atoms. The number of benzene rings is 2. The van der Waals surface area contributed by atoms with Gasteiger partial charge in [-0.05, 0) is 73.7 Å². The molecule has 0 aliphatic carbocycles. The molecule has 0 saturated carbocycles. The number of nitrogens with one attached hydrogen (secondary N) is 2. The van der Waals surface area contributed by atoms with Gasteiger partial charge in [-0.25, -0.2) is 8.42 Å². The number of anilines is 3. The maximum Gasteiger partial charge on any atom is 0.261 e. The molecule has 2 aliphatic heterocycles. The summed E-state index contributed by atoms with van der Waals surface area (Å²) in [5.41, 5.74) is 2.72. The van der Waals surface area contributed by atoms with Crippen LogP contribution in [0.15, 0.2) is 47.4 Å². The van der Waals surface area contributed by atoms with Gasteiger partial charge in [0, 0.05) is 36.6 Å². The first kappa shape index (κ1) is 22.3. The van der Waals surface area contributed by atoms with Crippen LogP contribution in [0.5, 0.6) is 0 Å². The van der Waals surface area contributed by atoms with E-state index in [0.717, 1.165) is 30.5 Å². The Morgan fingerprint density at radius 3 is 2.56 bits per heavy atom. The first-order chi connectivity index (χ1) is 15.4. The van der Waals surface area contributed by atoms with E-state index in [1.54, 1.807) is 35.2 Å². The molecule has 0 bridgehead atoms. The first-order valence-electron chi connectivity index (χ1n) is 10.9. The van der Waals surface area contributed by atoms with Crippen molar-refractivity contribution in [2.24, 2.45) is 0 Å². The number of fused-ring (bicyclic) bond motifs is 1. The lowest BCUT2D eigenvalue weighted by Crippen LogP contribution is -2.37. The monoisotopic (exact) mass is 457 g/mol. The van der Waals surface area contributed by atoms with Crippen molar-refractivity contribution in [1.82, 2.24) is 0 Å². The van der Waals surface area contributed by atoms with Crippen LogP contribution >= 0.6 is 0 Å². The second kappa shape index (κ2) is 9.30. The molecule has 1 saturated heterocycles. The van der Waals surface area contributed by atoms with E-state index in [1.807, 2.05) is 6.92 Å². The van der Waals surface area contributed by atoms with Gasteiger partial charge in [0.15, 0.2) is 0 Å². The van der Waals surface area contributed by atoms with Crippen LogP contribution in [0.3, 0.4) is 0 Å². The van der Waals surface area contributed by atoms with E-state index in [-0.39, 0.29) is 22.8 Å². The fraction of sp³-hybridized carbons (Fsp3) is 0.391. The highest BCUT2D eigenvalue weighted by atomic mass is 32.2. The van der Waals surface area contributed by atoms with Gasteiger partial charge in [-0.1, -0.05) is 6.92 Å². The molecule has 1 unspecified atom stereocenters. The Hall–Kier alpha value is -2.91. The summed E-state index contributed by atoms with van der Waals surface area (Å²) in [6, 6.07) is 11.3. The molecular weight excluding hydrogens is 430 g/mol. The van der Waals surface area contributed by atoms with Crippen molar-refractivity contribution in [3.05, 3.63) is 48.0 Å². The van der Waals surface area contributed by atoms with E-state index in [9.17, 15) is 18.0 Å². The summed E-state index contributed by atoms with van der Waals surface area (Å²) >= 11 is 0. The van der Waals surface area contributed by atoms with Gasteiger partial charge < -0.3 is 15.0 Å². The predicted octanol–water partition coefficient (Wildman–Crippen LogP) is 3.29. The number of hydrogen-bond donors (Lipinski definition) is 2. The molecule has 1 atom stereocenters. The van der Waals surface area contributed by atoms with Crippen molar-refractivity contribution in [1.29, 1.82) is 0 Å². The van der Waals surface area contributed by atoms with Crippen molar-refractivity contribution >= 4 is 38.9 Å². The van der Waals surface area contributed by atoms with Crippen molar-refractivity contribution in [3.63, 3.8) is 0 Å². The van der Waals surface area contributed by atoms with Gasteiger partial charge in [0.1, 0.15) is 6.10 Å². The highest BCUT2D eigenvalue weighted by Gasteiger charge is 2.32. The largest absolute Gasteiger partial charge is 0.368 e. The third-order valence-corrected chi connectivity index (χ3v) is 7.02. The van der Waals surface area contributed by atoms with Crippen molar-refractivity contribution in [2.75, 3.05) is 28.1 Å². The summed E-state index contributed by atoms with van der Waals surface area (Å²) in [6.07, 6.45) is 3.07. The molecule has 9 heteroatoms. The second-order valence-electron chi connectivity index (χ2n) is 8.01. The normalized spacial score (nSPS) is 17.8. The molecule has 1 fully saturated rings. The molecule has 0 spiro atoms. The zero-order valence-corrected chi connectivity index (χ0v) is 18.8. The van der Waals surface area contributed by atoms with Crippen LogP contribution < -0.4 is 14.9 Å². The Kier molecular flexibility index (Phi) is 6.48. The molecule has 2 heterocycles. The average molecular weight is 458 g/mol. The maximum absolute atomic E-state index is 12.8. The smallest absolute Gasteiger partial charge is 0.261 e. The number of rotatable bonds is 7. The molecule has 2 N–H and O–H groups in total. The first-order valence-corrected chi connectivity index (χ1v) is 12.3. The van der Waals surface area contributed by atoms with Crippen molar-refractivity contribution in [3.8, 4) is 0 Å². The maximum atomic E-state index is 12.8. The quantitative estimate of drug-likeness (QED) is 0.664. The lowest BCUT2D eigenvalue weighted by Gasteiger charge is -2.21. The second-order valence-corrected chi connectivity index (χ2v) is 9.70. The zero-order chi connectivity index (χ0) is 22.7. The highest BCUT2D eigenvalue weighted by Crippen LogP contribution is 2.33. The molecule has 2 amide bonds. The molecule has 0 aromatic heterocycles. The third-order valence-electron chi connectivity index (χ3n) is 5.62. The molecule has 170 valence electrons. The predicted molar refractivity (Wildman–Crippen MR) is 122 cm³/mol. The van der Waals surface area contributed by atoms with Crippen LogP contribution in [0.25, 0.3) is 0 Å². The minimum absolute atomic E-state index is 0.0271. The molecule has 2 aliphatic rings. The van der Waals surface area contributed by atoms with Gasteiger partial charge in [0.05, 0.1) is 4.90 Å². The molecule has 0 radical (unpaired) electrons. The van der Waals surface area contributed by atoms with Gasteiger partial charge in [-0.15, -0.1) is 0 Å². The van der Waals surface area contributed by atoms with Gasteiger partial charge in [0.25, 0.3) is 15.9 Å². The van der Waals surface area contributed by atoms with Gasteiger partial charge in [0.2, 0.25) is 5.91 Å². The SMILES string of the molecule is CCCC(=O)Nc1ccc(S(=O)(=O)Nc2ccc3c(c2)CCN3C(=O)C2CCCO2)cc1. The van der Waals surface area contributed by atoms with Crippen LogP contribution in [0, 0.1) is 0 Å². The Bertz CT molecular complexity index is 1110. The molecule has 2 aromatic carbocycles. The van der Waals surface area contributed by atoms with E-state index in [0.29, 0.717) is 37.4 Å². The summed E-state index contributed by atoms with van der Waals surface area (Å²) in [5.74, 6) is -0.132. The minimum atomic E-state index is -3.79. The third kappa shape index (κ3) is 4.78. The number of carbonyl (C=O) groups is 2. The standard InChI is InChI=1S/C23H27N3O5S/c1-2-4-22(27)24-17-6-9-19(10-7-17)32(29,30)25-18-8-11-20-16(15-18)12-13-26(20)23(28)21-5-3-14-31-21/h6-11,15,21,25H,2-5,12-14H2,1H3,(H,24,27). The fourth-order valence-corrected chi connectivity index (χ4v) is 5.07. The Labute approximate surface area is 188 Å². The highest BCUT2D eigenvalue weighted by molar-refractivity contribution is 7.92. The Morgan fingerprint density at radius 2 is 1.88 bits per heavy atom. The summed E-state index contributed by atoms with van der Waals surface area (Å²) in [5, 5.41) is 2.74. The van der Waals surface area contributed by atoms with Crippen LogP contribution in [0.2, 0.25) is 0 Å². The van der Waals surface area contributed by atoms with Crippen LogP contribution in [0.4, 0.5) is 17.1 Å². The summed E-state index contributed by atoms with van der Waals surface area (Å²) in [4.78, 5) is 26.2. The topological polar surface area (TPSA) is 105 Å². The average Bonchev–Trinajstić information content (AvgIpc) is 3.43. The van der Waals surface area contributed by atoms with Crippen LogP contribution in [-0.4, -0.2) is 39.5 Å². The number of hydrogen-bond acceptors (Lipinski definition) is 5. The van der Waals surface area contributed by atoms with Gasteiger partial charge in [-0.2, -0.15) is 0 Å².